The maximum absolute atomic E-state index is 13.9. The first-order valence-electron chi connectivity index (χ1n) is 10.8. The summed E-state index contributed by atoms with van der Waals surface area (Å²) in [5, 5.41) is 0.719. The van der Waals surface area contributed by atoms with Gasteiger partial charge >= 0.3 is 0 Å². The molecule has 6 heteroatoms. The maximum atomic E-state index is 13.9. The number of fused-ring (bicyclic) bond motifs is 3. The average Bonchev–Trinajstić information content (AvgIpc) is 3.22. The van der Waals surface area contributed by atoms with Gasteiger partial charge in [-0.2, -0.15) is 0 Å². The summed E-state index contributed by atoms with van der Waals surface area (Å²) in [5.41, 5.74) is 2.86. The first-order chi connectivity index (χ1) is 15.6. The first kappa shape index (κ1) is 20.9. The molecule has 1 amide bonds. The summed E-state index contributed by atoms with van der Waals surface area (Å²) in [6.07, 6.45) is 0.632. The van der Waals surface area contributed by atoms with Gasteiger partial charge in [-0.3, -0.25) is 9.69 Å². The highest BCUT2D eigenvalue weighted by Crippen LogP contribution is 2.37. The molecule has 32 heavy (non-hydrogen) atoms. The standard InChI is InChI=1S/C26H25ClN2O3/c1-31-20-12-10-18(11-13-20)15-29-23-8-4-5-9-25(23)32-21-14-24(26(29)30)28(17-21)16-19-6-2-3-7-22(19)27/h2-13,21,24H,14-17H2,1H3. The number of halogens is 1. The minimum absolute atomic E-state index is 0.0317. The lowest BCUT2D eigenvalue weighted by molar-refractivity contribution is -0.123. The van der Waals surface area contributed by atoms with Crippen LogP contribution in [-0.4, -0.2) is 36.6 Å². The second-order valence-electron chi connectivity index (χ2n) is 8.25. The van der Waals surface area contributed by atoms with Gasteiger partial charge in [-0.1, -0.05) is 54.1 Å². The van der Waals surface area contributed by atoms with E-state index >= 15 is 0 Å². The lowest BCUT2D eigenvalue weighted by Crippen LogP contribution is -2.45. The van der Waals surface area contributed by atoms with Gasteiger partial charge in [0.1, 0.15) is 17.6 Å². The molecule has 2 atom stereocenters. The molecule has 2 aliphatic heterocycles. The Balaban J connectivity index is 1.48. The van der Waals surface area contributed by atoms with Crippen molar-refractivity contribution in [2.24, 2.45) is 0 Å². The maximum Gasteiger partial charge on any atom is 0.244 e. The van der Waals surface area contributed by atoms with Crippen LogP contribution in [0.15, 0.2) is 72.8 Å². The normalized spacial score (nSPS) is 20.3. The summed E-state index contributed by atoms with van der Waals surface area (Å²) >= 11 is 6.42. The highest BCUT2D eigenvalue weighted by molar-refractivity contribution is 6.31. The SMILES string of the molecule is COc1ccc(CN2C(=O)C3CC(CN3Cc3ccccc3Cl)Oc3ccccc32)cc1. The van der Waals surface area contributed by atoms with Gasteiger partial charge in [0, 0.05) is 24.5 Å². The fourth-order valence-electron chi connectivity index (χ4n) is 4.56. The van der Waals surface area contributed by atoms with E-state index in [1.807, 2.05) is 77.7 Å². The van der Waals surface area contributed by atoms with E-state index in [-0.39, 0.29) is 18.1 Å². The number of anilines is 1. The molecule has 5 rings (SSSR count). The average molecular weight is 449 g/mol. The predicted molar refractivity (Wildman–Crippen MR) is 125 cm³/mol. The number of hydrogen-bond donors (Lipinski definition) is 0. The second kappa shape index (κ2) is 8.85. The van der Waals surface area contributed by atoms with Gasteiger partial charge in [-0.25, -0.2) is 0 Å². The molecule has 0 aromatic heterocycles. The highest BCUT2D eigenvalue weighted by atomic mass is 35.5. The van der Waals surface area contributed by atoms with E-state index in [1.165, 1.54) is 0 Å². The van der Waals surface area contributed by atoms with Crippen LogP contribution in [0.5, 0.6) is 11.5 Å². The topological polar surface area (TPSA) is 42.0 Å². The Morgan fingerprint density at radius 1 is 1.00 bits per heavy atom. The summed E-state index contributed by atoms with van der Waals surface area (Å²) in [4.78, 5) is 17.9. The van der Waals surface area contributed by atoms with E-state index in [9.17, 15) is 4.79 Å². The number of amides is 1. The molecule has 164 valence electrons. The van der Waals surface area contributed by atoms with E-state index in [2.05, 4.69) is 4.90 Å². The predicted octanol–water partition coefficient (Wildman–Crippen LogP) is 4.92. The third-order valence-electron chi connectivity index (χ3n) is 6.20. The molecule has 0 N–H and O–H groups in total. The first-order valence-corrected chi connectivity index (χ1v) is 11.2. The smallest absolute Gasteiger partial charge is 0.244 e. The summed E-state index contributed by atoms with van der Waals surface area (Å²) in [7, 11) is 1.65. The fraction of sp³-hybridized carbons (Fsp3) is 0.269. The number of methoxy groups -OCH3 is 1. The van der Waals surface area contributed by atoms with E-state index in [1.54, 1.807) is 7.11 Å². The number of nitrogens with zero attached hydrogens (tertiary/aromatic N) is 2. The van der Waals surface area contributed by atoms with E-state index in [0.29, 0.717) is 26.1 Å². The summed E-state index contributed by atoms with van der Waals surface area (Å²) < 4.78 is 11.7. The van der Waals surface area contributed by atoms with E-state index in [4.69, 9.17) is 21.1 Å². The van der Waals surface area contributed by atoms with Gasteiger partial charge in [0.2, 0.25) is 5.91 Å². The van der Waals surface area contributed by atoms with Crippen molar-refractivity contribution in [3.63, 3.8) is 0 Å². The van der Waals surface area contributed by atoms with Crippen molar-refractivity contribution in [2.75, 3.05) is 18.6 Å². The van der Waals surface area contributed by atoms with E-state index in [0.717, 1.165) is 33.3 Å². The zero-order valence-corrected chi connectivity index (χ0v) is 18.7. The van der Waals surface area contributed by atoms with Crippen molar-refractivity contribution in [1.82, 2.24) is 4.90 Å². The summed E-state index contributed by atoms with van der Waals surface area (Å²) in [6.45, 7) is 1.76. The summed E-state index contributed by atoms with van der Waals surface area (Å²) in [5.74, 6) is 1.63. The van der Waals surface area contributed by atoms with Gasteiger partial charge in [-0.05, 0) is 41.5 Å². The van der Waals surface area contributed by atoms with Gasteiger partial charge in [0.25, 0.3) is 0 Å². The van der Waals surface area contributed by atoms with Crippen molar-refractivity contribution in [2.45, 2.75) is 31.7 Å². The molecule has 2 heterocycles. The molecule has 5 nitrogen and oxygen atoms in total. The molecule has 0 radical (unpaired) electrons. The zero-order chi connectivity index (χ0) is 22.1. The van der Waals surface area contributed by atoms with Crippen LogP contribution >= 0.6 is 11.6 Å². The quantitative estimate of drug-likeness (QED) is 0.555. The lowest BCUT2D eigenvalue weighted by atomic mass is 10.1. The van der Waals surface area contributed by atoms with Crippen LogP contribution in [-0.2, 0) is 17.9 Å². The number of hydrogen-bond acceptors (Lipinski definition) is 4. The number of rotatable bonds is 5. The van der Waals surface area contributed by atoms with Crippen LogP contribution in [0.25, 0.3) is 0 Å². The Hall–Kier alpha value is -3.02. The Kier molecular flexibility index (Phi) is 5.77. The molecular weight excluding hydrogens is 424 g/mol. The summed E-state index contributed by atoms with van der Waals surface area (Å²) in [6, 6.07) is 23.2. The molecule has 0 saturated carbocycles. The molecule has 2 unspecified atom stereocenters. The minimum atomic E-state index is -0.261. The Bertz CT molecular complexity index is 1120. The van der Waals surface area contributed by atoms with Gasteiger partial charge in [-0.15, -0.1) is 0 Å². The molecular formula is C26H25ClN2O3. The Labute approximate surface area is 193 Å². The molecule has 3 aromatic rings. The molecule has 3 aromatic carbocycles. The third kappa shape index (κ3) is 4.06. The molecule has 2 aliphatic rings. The van der Waals surface area contributed by atoms with Crippen molar-refractivity contribution < 1.29 is 14.3 Å². The lowest BCUT2D eigenvalue weighted by Gasteiger charge is -2.32. The largest absolute Gasteiger partial charge is 0.497 e. The van der Waals surface area contributed by atoms with Gasteiger partial charge in [0.15, 0.2) is 0 Å². The second-order valence-corrected chi connectivity index (χ2v) is 8.66. The van der Waals surface area contributed by atoms with Crippen molar-refractivity contribution >= 4 is 23.2 Å². The number of likely N-dealkylation sites (tertiary alicyclic amines) is 1. The Morgan fingerprint density at radius 2 is 1.75 bits per heavy atom. The van der Waals surface area contributed by atoms with Crippen molar-refractivity contribution in [3.05, 3.63) is 88.9 Å². The Morgan fingerprint density at radius 3 is 2.53 bits per heavy atom. The highest BCUT2D eigenvalue weighted by Gasteiger charge is 2.42. The number of carbonyl (C=O) groups excluding carboxylic acids is 1. The molecule has 1 saturated heterocycles. The fourth-order valence-corrected chi connectivity index (χ4v) is 4.75. The number of ether oxygens (including phenoxy) is 2. The van der Waals surface area contributed by atoms with Crippen molar-refractivity contribution in [3.8, 4) is 11.5 Å². The molecule has 1 fully saturated rings. The zero-order valence-electron chi connectivity index (χ0n) is 17.9. The number of carbonyl (C=O) groups is 1. The van der Waals surface area contributed by atoms with Crippen LogP contribution < -0.4 is 14.4 Å². The third-order valence-corrected chi connectivity index (χ3v) is 6.57. The number of para-hydroxylation sites is 2. The van der Waals surface area contributed by atoms with Crippen LogP contribution in [0.1, 0.15) is 17.5 Å². The molecule has 0 aliphatic carbocycles. The van der Waals surface area contributed by atoms with Gasteiger partial charge in [0.05, 0.1) is 25.4 Å². The van der Waals surface area contributed by atoms with Crippen LogP contribution in [0.2, 0.25) is 5.02 Å². The van der Waals surface area contributed by atoms with E-state index < -0.39 is 0 Å². The van der Waals surface area contributed by atoms with Crippen LogP contribution in [0, 0.1) is 0 Å². The molecule has 2 bridgehead atoms. The molecule has 0 spiro atoms. The van der Waals surface area contributed by atoms with Crippen LogP contribution in [0.4, 0.5) is 5.69 Å². The number of benzene rings is 3. The van der Waals surface area contributed by atoms with Crippen LogP contribution in [0.3, 0.4) is 0 Å². The monoisotopic (exact) mass is 448 g/mol. The van der Waals surface area contributed by atoms with Gasteiger partial charge < -0.3 is 14.4 Å². The minimum Gasteiger partial charge on any atom is -0.497 e. The van der Waals surface area contributed by atoms with Crippen molar-refractivity contribution in [1.29, 1.82) is 0 Å².